The number of urea groups is 1. The second kappa shape index (κ2) is 9.62. The summed E-state index contributed by atoms with van der Waals surface area (Å²) in [6.07, 6.45) is -1.33. The molecule has 10 nitrogen and oxygen atoms in total. The molecule has 5 rings (SSSR count). The number of amides is 3. The molecule has 1 saturated heterocycles. The molecule has 0 aliphatic carbocycles. The van der Waals surface area contributed by atoms with Crippen LogP contribution in [0.5, 0.6) is 0 Å². The Labute approximate surface area is 223 Å². The predicted molar refractivity (Wildman–Crippen MR) is 140 cm³/mol. The molecule has 0 radical (unpaired) electrons. The van der Waals surface area contributed by atoms with Gasteiger partial charge in [-0.1, -0.05) is 0 Å². The zero-order valence-electron chi connectivity index (χ0n) is 22.2. The molecule has 3 aromatic rings. The van der Waals surface area contributed by atoms with E-state index in [1.807, 2.05) is 26.8 Å². The number of rotatable bonds is 2. The third-order valence-corrected chi connectivity index (χ3v) is 6.65. The number of nitrogens with zero attached hydrogens (tertiary/aromatic N) is 6. The van der Waals surface area contributed by atoms with E-state index in [0.29, 0.717) is 45.0 Å². The van der Waals surface area contributed by atoms with E-state index in [1.54, 1.807) is 18.1 Å². The Morgan fingerprint density at radius 3 is 2.44 bits per heavy atom. The minimum absolute atomic E-state index is 0.0238. The Morgan fingerprint density at radius 1 is 1.05 bits per heavy atom. The number of aryl methyl sites for hydroxylation is 1. The maximum atomic E-state index is 13.7. The van der Waals surface area contributed by atoms with E-state index in [2.05, 4.69) is 20.3 Å². The maximum Gasteiger partial charge on any atom is 0.418 e. The molecular weight excluding hydrogens is 515 g/mol. The van der Waals surface area contributed by atoms with Gasteiger partial charge in [-0.25, -0.2) is 14.6 Å². The highest BCUT2D eigenvalue weighted by Crippen LogP contribution is 2.38. The summed E-state index contributed by atoms with van der Waals surface area (Å²) in [5.74, 6) is 0.470. The largest absolute Gasteiger partial charge is 0.444 e. The first kappa shape index (κ1) is 26.6. The number of anilines is 3. The molecule has 2 aliphatic rings. The summed E-state index contributed by atoms with van der Waals surface area (Å²) >= 11 is 0. The normalized spacial score (nSPS) is 16.0. The van der Waals surface area contributed by atoms with Crippen molar-refractivity contribution in [3.05, 3.63) is 41.7 Å². The molecule has 0 unspecified atom stereocenters. The van der Waals surface area contributed by atoms with Gasteiger partial charge in [0.05, 0.1) is 5.56 Å². The number of halogens is 3. The first-order valence-electron chi connectivity index (χ1n) is 12.6. The van der Waals surface area contributed by atoms with Crippen molar-refractivity contribution >= 4 is 40.2 Å². The van der Waals surface area contributed by atoms with Crippen LogP contribution in [-0.2, 0) is 24.4 Å². The quantitative estimate of drug-likeness (QED) is 0.504. The number of aromatic nitrogens is 3. The third kappa shape index (κ3) is 5.43. The molecule has 1 aromatic carbocycles. The average molecular weight is 546 g/mol. The Kier molecular flexibility index (Phi) is 6.55. The van der Waals surface area contributed by atoms with Gasteiger partial charge < -0.3 is 19.9 Å². The van der Waals surface area contributed by atoms with E-state index in [4.69, 9.17) is 4.74 Å². The number of carbonyl (C=O) groups is 2. The Morgan fingerprint density at radius 2 is 1.77 bits per heavy atom. The van der Waals surface area contributed by atoms with Crippen LogP contribution in [0.4, 0.5) is 40.0 Å². The second-order valence-corrected chi connectivity index (χ2v) is 10.7. The number of nitrogens with one attached hydrogen (secondary N) is 1. The van der Waals surface area contributed by atoms with Crippen molar-refractivity contribution in [2.24, 2.45) is 7.05 Å². The van der Waals surface area contributed by atoms with Crippen LogP contribution < -0.4 is 15.1 Å². The number of benzene rings is 1. The van der Waals surface area contributed by atoms with E-state index in [-0.39, 0.29) is 22.7 Å². The monoisotopic (exact) mass is 545 g/mol. The number of hydrogen-bond donors (Lipinski definition) is 1. The molecule has 0 spiro atoms. The number of hydrogen-bond acceptors (Lipinski definition) is 6. The van der Waals surface area contributed by atoms with Crippen molar-refractivity contribution in [3.63, 3.8) is 0 Å². The minimum Gasteiger partial charge on any atom is -0.444 e. The summed E-state index contributed by atoms with van der Waals surface area (Å²) in [5, 5.41) is 6.81. The summed E-state index contributed by atoms with van der Waals surface area (Å²) in [6.45, 7) is 8.00. The molecule has 0 bridgehead atoms. The Bertz CT molecular complexity index is 1420. The van der Waals surface area contributed by atoms with Crippen molar-refractivity contribution in [1.29, 1.82) is 0 Å². The van der Waals surface area contributed by atoms with Crippen molar-refractivity contribution in [1.82, 2.24) is 19.7 Å². The maximum absolute atomic E-state index is 13.7. The van der Waals surface area contributed by atoms with Crippen molar-refractivity contribution in [3.8, 4) is 0 Å². The number of piperazine rings is 1. The lowest BCUT2D eigenvalue weighted by molar-refractivity contribution is -0.136. The highest BCUT2D eigenvalue weighted by molar-refractivity contribution is 6.04. The molecule has 39 heavy (non-hydrogen) atoms. The summed E-state index contributed by atoms with van der Waals surface area (Å²) in [7, 11) is 1.54. The van der Waals surface area contributed by atoms with Crippen molar-refractivity contribution in [2.45, 2.75) is 39.0 Å². The van der Waals surface area contributed by atoms with Gasteiger partial charge in [0.25, 0.3) is 0 Å². The lowest BCUT2D eigenvalue weighted by atomic mass is 10.1. The van der Waals surface area contributed by atoms with Crippen LogP contribution in [0, 0.1) is 0 Å². The van der Waals surface area contributed by atoms with E-state index >= 15 is 0 Å². The number of pyridine rings is 1. The third-order valence-electron chi connectivity index (χ3n) is 6.65. The van der Waals surface area contributed by atoms with Crippen LogP contribution in [0.25, 0.3) is 10.9 Å². The molecule has 208 valence electrons. The van der Waals surface area contributed by atoms with E-state index in [9.17, 15) is 22.8 Å². The van der Waals surface area contributed by atoms with Crippen LogP contribution >= 0.6 is 0 Å². The Balaban J connectivity index is 1.32. The van der Waals surface area contributed by atoms with Crippen LogP contribution in [-0.4, -0.2) is 70.1 Å². The molecule has 2 aromatic heterocycles. The lowest BCUT2D eigenvalue weighted by Crippen LogP contribution is -2.50. The smallest absolute Gasteiger partial charge is 0.418 e. The van der Waals surface area contributed by atoms with Crippen LogP contribution in [0.3, 0.4) is 0 Å². The van der Waals surface area contributed by atoms with E-state index in [0.717, 1.165) is 17.3 Å². The fraction of sp³-hybridized carbons (Fsp3) is 0.462. The van der Waals surface area contributed by atoms with Crippen LogP contribution in [0.2, 0.25) is 0 Å². The summed E-state index contributed by atoms with van der Waals surface area (Å²) in [6, 6.07) is 3.69. The van der Waals surface area contributed by atoms with Gasteiger partial charge in [0.15, 0.2) is 0 Å². The van der Waals surface area contributed by atoms with Gasteiger partial charge in [-0.3, -0.25) is 9.58 Å². The molecule has 2 aliphatic heterocycles. The van der Waals surface area contributed by atoms with Gasteiger partial charge in [0.1, 0.15) is 16.9 Å². The topological polar surface area (TPSA) is 95.8 Å². The fourth-order valence-corrected chi connectivity index (χ4v) is 4.96. The lowest BCUT2D eigenvalue weighted by Gasteiger charge is -2.37. The van der Waals surface area contributed by atoms with Gasteiger partial charge in [-0.2, -0.15) is 18.3 Å². The molecule has 0 atom stereocenters. The van der Waals surface area contributed by atoms with Gasteiger partial charge in [-0.15, -0.1) is 0 Å². The van der Waals surface area contributed by atoms with Gasteiger partial charge >= 0.3 is 18.3 Å². The molecular formula is C26H30F3N7O3. The second-order valence-electron chi connectivity index (χ2n) is 10.7. The van der Waals surface area contributed by atoms with E-state index < -0.39 is 23.4 Å². The fourth-order valence-electron chi connectivity index (χ4n) is 4.96. The average Bonchev–Trinajstić information content (AvgIpc) is 3.44. The molecule has 13 heteroatoms. The number of carbonyl (C=O) groups excluding carboxylic acids is 2. The van der Waals surface area contributed by atoms with E-state index in [1.165, 1.54) is 21.8 Å². The number of alkyl halides is 3. The van der Waals surface area contributed by atoms with Crippen LogP contribution in [0.15, 0.2) is 30.6 Å². The minimum atomic E-state index is -4.63. The molecule has 3 amide bonds. The zero-order valence-corrected chi connectivity index (χ0v) is 22.2. The first-order valence-corrected chi connectivity index (χ1v) is 12.6. The molecule has 0 saturated carbocycles. The van der Waals surface area contributed by atoms with Crippen LogP contribution in [0.1, 0.15) is 31.9 Å². The highest BCUT2D eigenvalue weighted by atomic mass is 19.4. The van der Waals surface area contributed by atoms with Crippen molar-refractivity contribution < 1.29 is 27.5 Å². The highest BCUT2D eigenvalue weighted by Gasteiger charge is 2.36. The molecule has 4 heterocycles. The molecule has 1 fully saturated rings. The summed E-state index contributed by atoms with van der Waals surface area (Å²) < 4.78 is 47.8. The van der Waals surface area contributed by atoms with Gasteiger partial charge in [0, 0.05) is 74.5 Å². The zero-order chi connectivity index (χ0) is 28.1. The summed E-state index contributed by atoms with van der Waals surface area (Å²) in [4.78, 5) is 35.3. The molecule has 1 N–H and O–H groups in total. The summed E-state index contributed by atoms with van der Waals surface area (Å²) in [5.41, 5.74) is 0.182. The van der Waals surface area contributed by atoms with Gasteiger partial charge in [0.2, 0.25) is 0 Å². The standard InChI is InChI=1S/C26H30F3N7O3/c1-25(2,3)39-24(38)35-11-9-34(10-12-35)20-5-7-30-22-18(20)6-8-36(22)23(37)31-17-13-16-15-33(4)32-21(16)19(14-17)26(27,28)29/h5,7,13-15H,6,8-12H2,1-4H3,(H,31,37). The SMILES string of the molecule is Cn1cc2cc(NC(=O)N3CCc4c(N5CCN(C(=O)OC(C)(C)C)CC5)ccnc43)cc(C(F)(F)F)c2n1. The van der Waals surface area contributed by atoms with Crippen molar-refractivity contribution in [2.75, 3.05) is 47.8 Å². The predicted octanol–water partition coefficient (Wildman–Crippen LogP) is 4.64. The van der Waals surface area contributed by atoms with Gasteiger partial charge in [-0.05, 0) is 45.4 Å². The Hall–Kier alpha value is -4.03. The first-order chi connectivity index (χ1) is 18.3. The number of ether oxygens (including phenoxy) is 1. The number of fused-ring (bicyclic) bond motifs is 2.